The van der Waals surface area contributed by atoms with Crippen LogP contribution in [0.2, 0.25) is 0 Å². The summed E-state index contributed by atoms with van der Waals surface area (Å²) < 4.78 is 0. The van der Waals surface area contributed by atoms with E-state index < -0.39 is 0 Å². The van der Waals surface area contributed by atoms with Crippen molar-refractivity contribution >= 4 is 0 Å². The van der Waals surface area contributed by atoms with Crippen LogP contribution >= 0.6 is 0 Å². The average molecular weight is 231 g/mol. The Hall–Kier alpha value is -0.480. The highest BCUT2D eigenvalue weighted by atomic mass is 14.9. The zero-order valence-corrected chi connectivity index (χ0v) is 11.3. The molecule has 1 heteroatoms. The van der Waals surface area contributed by atoms with Gasteiger partial charge in [-0.25, -0.2) is 0 Å². The Morgan fingerprint density at radius 1 is 1.12 bits per heavy atom. The van der Waals surface area contributed by atoms with Gasteiger partial charge in [0.25, 0.3) is 0 Å². The molecule has 0 aromatic rings. The van der Waals surface area contributed by atoms with Crippen molar-refractivity contribution in [1.29, 1.82) is 0 Å². The highest BCUT2D eigenvalue weighted by molar-refractivity contribution is 5.06. The van der Waals surface area contributed by atoms with Crippen LogP contribution in [0.4, 0.5) is 0 Å². The lowest BCUT2D eigenvalue weighted by Gasteiger charge is -2.59. The van der Waals surface area contributed by atoms with E-state index in [2.05, 4.69) is 24.1 Å². The maximum Gasteiger partial charge on any atom is 0.0578 e. The van der Waals surface area contributed by atoms with Gasteiger partial charge < -0.3 is 5.32 Å². The predicted molar refractivity (Wildman–Crippen MR) is 71.5 cm³/mol. The Kier molecular flexibility index (Phi) is 2.95. The van der Waals surface area contributed by atoms with Gasteiger partial charge in [0.15, 0.2) is 0 Å². The molecule has 4 aliphatic carbocycles. The first kappa shape index (κ1) is 11.6. The minimum Gasteiger partial charge on any atom is -0.303 e. The van der Waals surface area contributed by atoms with E-state index in [1.54, 1.807) is 19.3 Å². The molecule has 0 aliphatic heterocycles. The normalized spacial score (nSPS) is 44.2. The molecule has 0 aromatic carbocycles. The van der Waals surface area contributed by atoms with E-state index in [0.29, 0.717) is 11.5 Å². The van der Waals surface area contributed by atoms with Gasteiger partial charge in [-0.15, -0.1) is 5.92 Å². The van der Waals surface area contributed by atoms with Crippen molar-refractivity contribution in [3.8, 4) is 11.8 Å². The van der Waals surface area contributed by atoms with Gasteiger partial charge in [-0.3, -0.25) is 0 Å². The molecule has 4 aliphatic rings. The van der Waals surface area contributed by atoms with Gasteiger partial charge in [0.05, 0.1) is 6.54 Å². The summed E-state index contributed by atoms with van der Waals surface area (Å²) in [5.74, 6) is 9.31. The first-order chi connectivity index (χ1) is 8.22. The summed E-state index contributed by atoms with van der Waals surface area (Å²) in [5, 5.41) is 3.67. The molecular weight excluding hydrogens is 206 g/mol. The summed E-state index contributed by atoms with van der Waals surface area (Å²) >= 11 is 0. The first-order valence-corrected chi connectivity index (χ1v) is 7.35. The quantitative estimate of drug-likeness (QED) is 0.736. The summed E-state index contributed by atoms with van der Waals surface area (Å²) in [7, 11) is 0. The van der Waals surface area contributed by atoms with Crippen molar-refractivity contribution in [2.24, 2.45) is 23.2 Å². The Balaban J connectivity index is 1.70. The van der Waals surface area contributed by atoms with E-state index in [9.17, 15) is 0 Å². The highest BCUT2D eigenvalue weighted by Gasteiger charge is 2.52. The van der Waals surface area contributed by atoms with Gasteiger partial charge in [0.1, 0.15) is 0 Å². The smallest absolute Gasteiger partial charge is 0.0578 e. The predicted octanol–water partition coefficient (Wildman–Crippen LogP) is 3.20. The largest absolute Gasteiger partial charge is 0.303 e. The highest BCUT2D eigenvalue weighted by Crippen LogP contribution is 2.61. The van der Waals surface area contributed by atoms with Crippen molar-refractivity contribution in [2.45, 2.75) is 58.4 Å². The molecule has 4 bridgehead atoms. The van der Waals surface area contributed by atoms with Gasteiger partial charge in [0.2, 0.25) is 0 Å². The Morgan fingerprint density at radius 3 is 2.12 bits per heavy atom. The van der Waals surface area contributed by atoms with Gasteiger partial charge >= 0.3 is 0 Å². The first-order valence-electron chi connectivity index (χ1n) is 7.35. The molecule has 4 saturated carbocycles. The summed E-state index contributed by atoms with van der Waals surface area (Å²) in [6.45, 7) is 5.21. The van der Waals surface area contributed by atoms with Gasteiger partial charge in [-0.1, -0.05) is 5.92 Å². The number of nitrogens with one attached hydrogen (secondary N) is 1. The Labute approximate surface area is 106 Å². The topological polar surface area (TPSA) is 12.0 Å². The van der Waals surface area contributed by atoms with Crippen molar-refractivity contribution in [3.05, 3.63) is 0 Å². The lowest BCUT2D eigenvalue weighted by molar-refractivity contribution is -0.0697. The van der Waals surface area contributed by atoms with E-state index >= 15 is 0 Å². The standard InChI is InChI=1S/C16H25N/c1-3-4-5-17-12(2)16-9-13-6-14(10-16)8-15(7-13)11-16/h12-15,17H,5-11H2,1-2H3. The van der Waals surface area contributed by atoms with Gasteiger partial charge in [-0.05, 0) is 75.5 Å². The molecule has 0 radical (unpaired) electrons. The minimum atomic E-state index is 0.629. The van der Waals surface area contributed by atoms with Crippen molar-refractivity contribution in [1.82, 2.24) is 5.32 Å². The Morgan fingerprint density at radius 2 is 1.65 bits per heavy atom. The molecule has 94 valence electrons. The molecule has 0 aromatic heterocycles. The van der Waals surface area contributed by atoms with Crippen LogP contribution in [0, 0.1) is 35.0 Å². The molecule has 0 saturated heterocycles. The van der Waals surface area contributed by atoms with E-state index in [4.69, 9.17) is 0 Å². The fourth-order valence-corrected chi connectivity index (χ4v) is 5.22. The molecule has 17 heavy (non-hydrogen) atoms. The zero-order chi connectivity index (χ0) is 11.9. The lowest BCUT2D eigenvalue weighted by atomic mass is 9.48. The van der Waals surface area contributed by atoms with E-state index in [1.165, 1.54) is 19.3 Å². The maximum absolute atomic E-state index is 3.67. The van der Waals surface area contributed by atoms with Crippen molar-refractivity contribution < 1.29 is 0 Å². The van der Waals surface area contributed by atoms with Crippen LogP contribution in [-0.2, 0) is 0 Å². The van der Waals surface area contributed by atoms with Crippen LogP contribution in [-0.4, -0.2) is 12.6 Å². The second-order valence-corrected chi connectivity index (χ2v) is 6.81. The third-order valence-electron chi connectivity index (χ3n) is 5.68. The molecular formula is C16H25N. The van der Waals surface area contributed by atoms with E-state index in [-0.39, 0.29) is 0 Å². The molecule has 1 atom stereocenters. The van der Waals surface area contributed by atoms with Crippen molar-refractivity contribution in [2.75, 3.05) is 6.54 Å². The molecule has 0 heterocycles. The van der Waals surface area contributed by atoms with Crippen LogP contribution < -0.4 is 5.32 Å². The SMILES string of the molecule is CC#CCNC(C)C12CC3CC(CC(C3)C1)C2. The molecule has 4 fully saturated rings. The second-order valence-electron chi connectivity index (χ2n) is 6.81. The summed E-state index contributed by atoms with van der Waals surface area (Å²) in [4.78, 5) is 0. The summed E-state index contributed by atoms with van der Waals surface area (Å²) in [6, 6.07) is 0.664. The maximum atomic E-state index is 3.67. The lowest BCUT2D eigenvalue weighted by Crippen LogP contribution is -2.54. The van der Waals surface area contributed by atoms with Crippen LogP contribution in [0.3, 0.4) is 0 Å². The monoisotopic (exact) mass is 231 g/mol. The van der Waals surface area contributed by atoms with Gasteiger partial charge in [-0.2, -0.15) is 0 Å². The molecule has 4 rings (SSSR count). The minimum absolute atomic E-state index is 0.629. The number of hydrogen-bond acceptors (Lipinski definition) is 1. The van der Waals surface area contributed by atoms with Crippen LogP contribution in [0.1, 0.15) is 52.4 Å². The molecule has 1 nitrogen and oxygen atoms in total. The number of rotatable bonds is 3. The number of hydrogen-bond donors (Lipinski definition) is 1. The Bertz CT molecular complexity index is 311. The molecule has 0 spiro atoms. The fourth-order valence-electron chi connectivity index (χ4n) is 5.22. The summed E-state index contributed by atoms with van der Waals surface area (Å²) in [6.07, 6.45) is 9.11. The molecule has 1 N–H and O–H groups in total. The molecule has 1 unspecified atom stereocenters. The van der Waals surface area contributed by atoms with Crippen LogP contribution in [0.25, 0.3) is 0 Å². The van der Waals surface area contributed by atoms with Crippen molar-refractivity contribution in [3.63, 3.8) is 0 Å². The average Bonchev–Trinajstić information content (AvgIpc) is 2.27. The van der Waals surface area contributed by atoms with E-state index in [0.717, 1.165) is 24.3 Å². The second kappa shape index (κ2) is 4.32. The fraction of sp³-hybridized carbons (Fsp3) is 0.875. The molecule has 0 amide bonds. The van der Waals surface area contributed by atoms with Crippen LogP contribution in [0.5, 0.6) is 0 Å². The zero-order valence-electron chi connectivity index (χ0n) is 11.3. The third-order valence-corrected chi connectivity index (χ3v) is 5.68. The van der Waals surface area contributed by atoms with Crippen LogP contribution in [0.15, 0.2) is 0 Å². The van der Waals surface area contributed by atoms with E-state index in [1.807, 2.05) is 6.92 Å². The summed E-state index contributed by atoms with van der Waals surface area (Å²) in [5.41, 5.74) is 0.629. The van der Waals surface area contributed by atoms with Gasteiger partial charge in [0, 0.05) is 6.04 Å². The third kappa shape index (κ3) is 2.02.